The molecule has 3 atom stereocenters. The van der Waals surface area contributed by atoms with Crippen molar-refractivity contribution in [1.29, 1.82) is 0 Å². The number of nitrogens with zero attached hydrogens (tertiary/aromatic N) is 1. The average Bonchev–Trinajstić information content (AvgIpc) is 2.27. The van der Waals surface area contributed by atoms with Crippen molar-refractivity contribution in [1.82, 2.24) is 4.90 Å². The van der Waals surface area contributed by atoms with Crippen LogP contribution in [0.5, 0.6) is 11.5 Å². The summed E-state index contributed by atoms with van der Waals surface area (Å²) < 4.78 is 0. The molecule has 0 aromatic heterocycles. The van der Waals surface area contributed by atoms with Gasteiger partial charge in [-0.15, -0.1) is 0 Å². The molecule has 0 bridgehead atoms. The molecule has 3 nitrogen and oxygen atoms in total. The topological polar surface area (TPSA) is 43.7 Å². The molecule has 3 heteroatoms. The van der Waals surface area contributed by atoms with E-state index in [1.54, 1.807) is 18.2 Å². The van der Waals surface area contributed by atoms with Crippen LogP contribution in [0.4, 0.5) is 0 Å². The molecule has 2 rings (SSSR count). The highest BCUT2D eigenvalue weighted by atomic mass is 16.3. The van der Waals surface area contributed by atoms with E-state index in [4.69, 9.17) is 0 Å². The van der Waals surface area contributed by atoms with Gasteiger partial charge in [-0.05, 0) is 37.3 Å². The van der Waals surface area contributed by atoms with Gasteiger partial charge in [-0.25, -0.2) is 0 Å². The molecule has 1 saturated heterocycles. The minimum Gasteiger partial charge on any atom is -0.507 e. The second kappa shape index (κ2) is 5.19. The molecule has 1 heterocycles. The van der Waals surface area contributed by atoms with Crippen LogP contribution < -0.4 is 0 Å². The lowest BCUT2D eigenvalue weighted by Gasteiger charge is -2.39. The summed E-state index contributed by atoms with van der Waals surface area (Å²) in [4.78, 5) is 2.35. The van der Waals surface area contributed by atoms with Gasteiger partial charge in [0.15, 0.2) is 0 Å². The van der Waals surface area contributed by atoms with E-state index in [9.17, 15) is 10.2 Å². The Labute approximate surface area is 109 Å². The van der Waals surface area contributed by atoms with E-state index in [0.29, 0.717) is 17.4 Å². The van der Waals surface area contributed by atoms with E-state index in [0.717, 1.165) is 13.1 Å². The van der Waals surface area contributed by atoms with Gasteiger partial charge < -0.3 is 10.2 Å². The van der Waals surface area contributed by atoms with Crippen LogP contribution in [0.15, 0.2) is 18.2 Å². The monoisotopic (exact) mass is 249 g/mol. The quantitative estimate of drug-likeness (QED) is 0.846. The minimum absolute atomic E-state index is 0.0522. The van der Waals surface area contributed by atoms with Crippen LogP contribution in [-0.2, 0) is 0 Å². The van der Waals surface area contributed by atoms with E-state index >= 15 is 0 Å². The normalized spacial score (nSPS) is 27.1. The second-order valence-corrected chi connectivity index (χ2v) is 5.79. The Balaban J connectivity index is 2.22. The van der Waals surface area contributed by atoms with Crippen LogP contribution in [-0.4, -0.2) is 28.2 Å². The third kappa shape index (κ3) is 2.61. The zero-order chi connectivity index (χ0) is 13.3. The van der Waals surface area contributed by atoms with Crippen molar-refractivity contribution < 1.29 is 10.2 Å². The van der Waals surface area contributed by atoms with Gasteiger partial charge in [0, 0.05) is 19.1 Å². The summed E-state index contributed by atoms with van der Waals surface area (Å²) >= 11 is 0. The van der Waals surface area contributed by atoms with Gasteiger partial charge >= 0.3 is 0 Å². The van der Waals surface area contributed by atoms with Crippen molar-refractivity contribution in [2.24, 2.45) is 11.8 Å². The van der Waals surface area contributed by atoms with Crippen LogP contribution in [0.3, 0.4) is 0 Å². The third-order valence-electron chi connectivity index (χ3n) is 3.92. The number of phenols is 2. The lowest BCUT2D eigenvalue weighted by Crippen LogP contribution is -2.40. The summed E-state index contributed by atoms with van der Waals surface area (Å²) in [5.74, 6) is 1.72. The smallest absolute Gasteiger partial charge is 0.124 e. The Morgan fingerprint density at radius 1 is 1.11 bits per heavy atom. The lowest BCUT2D eigenvalue weighted by molar-refractivity contribution is 0.100. The minimum atomic E-state index is 0.0522. The maximum atomic E-state index is 9.94. The first-order chi connectivity index (χ1) is 8.49. The first kappa shape index (κ1) is 13.2. The van der Waals surface area contributed by atoms with Gasteiger partial charge in [-0.2, -0.15) is 0 Å². The number of phenolic OH excluding ortho intramolecular Hbond substituents is 2. The molecule has 0 amide bonds. The average molecular weight is 249 g/mol. The van der Waals surface area contributed by atoms with Crippen molar-refractivity contribution in [2.75, 3.05) is 13.1 Å². The molecule has 0 spiro atoms. The predicted molar refractivity (Wildman–Crippen MR) is 72.7 cm³/mol. The Bertz CT molecular complexity index is 389. The van der Waals surface area contributed by atoms with Crippen molar-refractivity contribution in [3.05, 3.63) is 23.8 Å². The SMILES string of the molecule is CC1CC(C)CN(C(C)c2c(O)cccc2O)C1. The molecule has 1 fully saturated rings. The molecule has 1 aromatic carbocycles. The fourth-order valence-electron chi connectivity index (χ4n) is 3.18. The van der Waals surface area contributed by atoms with Crippen molar-refractivity contribution >= 4 is 0 Å². The summed E-state index contributed by atoms with van der Waals surface area (Å²) in [5, 5.41) is 19.9. The first-order valence-corrected chi connectivity index (χ1v) is 6.74. The molecule has 100 valence electrons. The van der Waals surface area contributed by atoms with E-state index < -0.39 is 0 Å². The van der Waals surface area contributed by atoms with E-state index in [-0.39, 0.29) is 17.5 Å². The number of aromatic hydroxyl groups is 2. The van der Waals surface area contributed by atoms with E-state index in [2.05, 4.69) is 25.7 Å². The molecule has 1 aromatic rings. The van der Waals surface area contributed by atoms with Crippen LogP contribution >= 0.6 is 0 Å². The summed E-state index contributed by atoms with van der Waals surface area (Å²) in [5.41, 5.74) is 0.652. The Hall–Kier alpha value is -1.22. The van der Waals surface area contributed by atoms with E-state index in [1.165, 1.54) is 6.42 Å². The molecule has 0 radical (unpaired) electrons. The largest absolute Gasteiger partial charge is 0.507 e. The number of hydrogen-bond donors (Lipinski definition) is 2. The fourth-order valence-corrected chi connectivity index (χ4v) is 3.18. The van der Waals surface area contributed by atoms with Crippen LogP contribution in [0.1, 0.15) is 38.8 Å². The van der Waals surface area contributed by atoms with E-state index in [1.807, 2.05) is 0 Å². The zero-order valence-electron chi connectivity index (χ0n) is 11.4. The maximum absolute atomic E-state index is 9.94. The van der Waals surface area contributed by atoms with Crippen LogP contribution in [0.2, 0.25) is 0 Å². The number of likely N-dealkylation sites (tertiary alicyclic amines) is 1. The molecular formula is C15H23NO2. The van der Waals surface area contributed by atoms with Gasteiger partial charge in [0.1, 0.15) is 11.5 Å². The van der Waals surface area contributed by atoms with Crippen LogP contribution in [0.25, 0.3) is 0 Å². The third-order valence-corrected chi connectivity index (χ3v) is 3.92. The molecule has 2 N–H and O–H groups in total. The molecule has 1 aliphatic rings. The van der Waals surface area contributed by atoms with Crippen molar-refractivity contribution in [2.45, 2.75) is 33.2 Å². The van der Waals surface area contributed by atoms with Crippen molar-refractivity contribution in [3.8, 4) is 11.5 Å². The fraction of sp³-hybridized carbons (Fsp3) is 0.600. The van der Waals surface area contributed by atoms with Gasteiger partial charge in [-0.1, -0.05) is 19.9 Å². The lowest BCUT2D eigenvalue weighted by atomic mass is 9.90. The molecular weight excluding hydrogens is 226 g/mol. The molecule has 18 heavy (non-hydrogen) atoms. The predicted octanol–water partition coefficient (Wildman–Crippen LogP) is 3.14. The highest BCUT2D eigenvalue weighted by Gasteiger charge is 2.28. The first-order valence-electron chi connectivity index (χ1n) is 6.74. The van der Waals surface area contributed by atoms with Gasteiger partial charge in [0.25, 0.3) is 0 Å². The van der Waals surface area contributed by atoms with Crippen LogP contribution in [0, 0.1) is 11.8 Å². The van der Waals surface area contributed by atoms with Crippen molar-refractivity contribution in [3.63, 3.8) is 0 Å². The Kier molecular flexibility index (Phi) is 3.81. The Morgan fingerprint density at radius 3 is 2.11 bits per heavy atom. The summed E-state index contributed by atoms with van der Waals surface area (Å²) in [6.45, 7) is 8.64. The summed E-state index contributed by atoms with van der Waals surface area (Å²) in [6.07, 6.45) is 1.26. The van der Waals surface area contributed by atoms with Gasteiger partial charge in [0.05, 0.1) is 5.56 Å². The maximum Gasteiger partial charge on any atom is 0.124 e. The molecule has 0 saturated carbocycles. The van der Waals surface area contributed by atoms with Gasteiger partial charge in [0.2, 0.25) is 0 Å². The molecule has 0 aliphatic carbocycles. The highest BCUT2D eigenvalue weighted by Crippen LogP contribution is 2.37. The summed E-state index contributed by atoms with van der Waals surface area (Å²) in [7, 11) is 0. The number of piperidine rings is 1. The number of hydrogen-bond acceptors (Lipinski definition) is 3. The second-order valence-electron chi connectivity index (χ2n) is 5.79. The zero-order valence-corrected chi connectivity index (χ0v) is 11.4. The number of rotatable bonds is 2. The van der Waals surface area contributed by atoms with Gasteiger partial charge in [-0.3, -0.25) is 4.90 Å². The standard InChI is InChI=1S/C15H23NO2/c1-10-7-11(2)9-16(8-10)12(3)15-13(17)5-4-6-14(15)18/h4-6,10-12,17-18H,7-9H2,1-3H3. The Morgan fingerprint density at radius 2 is 1.61 bits per heavy atom. The molecule has 1 aliphatic heterocycles. The summed E-state index contributed by atoms with van der Waals surface area (Å²) in [6, 6.07) is 5.00. The molecule has 3 unspecified atom stereocenters. The highest BCUT2D eigenvalue weighted by molar-refractivity contribution is 5.45. The number of benzene rings is 1.